The number of carbonyl (C=O) groups excluding carboxylic acids is 2. The quantitative estimate of drug-likeness (QED) is 0.777. The standard InChI is InChI=1S/C19H22N4O2/c1-13(24)21-16-7-4-8-17(10-16)23-19(25)14-9-18(12-20-11-14)22-15-5-2-3-6-15/h4,7-12,15,22H,2-3,5-6H2,1H3,(H,21,24)(H,23,25). The fourth-order valence-electron chi connectivity index (χ4n) is 3.03. The molecule has 2 aromatic rings. The Hall–Kier alpha value is -2.89. The van der Waals surface area contributed by atoms with E-state index >= 15 is 0 Å². The van der Waals surface area contributed by atoms with Crippen LogP contribution >= 0.6 is 0 Å². The predicted molar refractivity (Wildman–Crippen MR) is 98.8 cm³/mol. The topological polar surface area (TPSA) is 83.1 Å². The molecule has 1 aromatic heterocycles. The molecule has 0 spiro atoms. The Kier molecular flexibility index (Phi) is 5.28. The maximum Gasteiger partial charge on any atom is 0.257 e. The highest BCUT2D eigenvalue weighted by molar-refractivity contribution is 6.05. The zero-order valence-electron chi connectivity index (χ0n) is 14.2. The van der Waals surface area contributed by atoms with Gasteiger partial charge in [-0.1, -0.05) is 18.9 Å². The third kappa shape index (κ3) is 4.79. The van der Waals surface area contributed by atoms with Crippen LogP contribution < -0.4 is 16.0 Å². The molecule has 0 unspecified atom stereocenters. The van der Waals surface area contributed by atoms with Crippen molar-refractivity contribution in [3.63, 3.8) is 0 Å². The van der Waals surface area contributed by atoms with E-state index in [1.54, 1.807) is 36.7 Å². The van der Waals surface area contributed by atoms with E-state index in [9.17, 15) is 9.59 Å². The number of benzene rings is 1. The van der Waals surface area contributed by atoms with Crippen molar-refractivity contribution in [1.82, 2.24) is 4.98 Å². The molecule has 130 valence electrons. The van der Waals surface area contributed by atoms with Gasteiger partial charge in [-0.25, -0.2) is 0 Å². The van der Waals surface area contributed by atoms with E-state index in [0.29, 0.717) is 23.0 Å². The largest absolute Gasteiger partial charge is 0.381 e. The Labute approximate surface area is 147 Å². The van der Waals surface area contributed by atoms with Gasteiger partial charge in [0.05, 0.1) is 11.3 Å². The molecule has 3 rings (SSSR count). The molecule has 1 saturated carbocycles. The molecule has 2 amide bonds. The summed E-state index contributed by atoms with van der Waals surface area (Å²) in [5, 5.41) is 8.97. The molecule has 0 atom stereocenters. The second-order valence-electron chi connectivity index (χ2n) is 6.30. The Morgan fingerprint density at radius 3 is 2.44 bits per heavy atom. The summed E-state index contributed by atoms with van der Waals surface area (Å²) in [6.07, 6.45) is 8.10. The van der Waals surface area contributed by atoms with E-state index in [1.807, 2.05) is 6.07 Å². The molecule has 6 heteroatoms. The lowest BCUT2D eigenvalue weighted by Crippen LogP contribution is -2.16. The third-order valence-corrected chi connectivity index (χ3v) is 4.17. The average Bonchev–Trinajstić information content (AvgIpc) is 3.08. The van der Waals surface area contributed by atoms with E-state index in [1.165, 1.54) is 19.8 Å². The van der Waals surface area contributed by atoms with E-state index in [-0.39, 0.29) is 11.8 Å². The number of amides is 2. The van der Waals surface area contributed by atoms with Crippen molar-refractivity contribution in [3.05, 3.63) is 48.3 Å². The highest BCUT2D eigenvalue weighted by atomic mass is 16.2. The number of carbonyl (C=O) groups is 2. The number of pyridine rings is 1. The number of rotatable bonds is 5. The normalized spacial score (nSPS) is 14.1. The summed E-state index contributed by atoms with van der Waals surface area (Å²) in [5.74, 6) is -0.388. The summed E-state index contributed by atoms with van der Waals surface area (Å²) in [4.78, 5) is 27.8. The van der Waals surface area contributed by atoms with Crippen molar-refractivity contribution >= 4 is 28.9 Å². The van der Waals surface area contributed by atoms with Crippen molar-refractivity contribution in [3.8, 4) is 0 Å². The molecule has 1 aliphatic carbocycles. The second-order valence-corrected chi connectivity index (χ2v) is 6.30. The maximum absolute atomic E-state index is 12.5. The zero-order chi connectivity index (χ0) is 17.6. The molecule has 25 heavy (non-hydrogen) atoms. The molecular formula is C19H22N4O2. The average molecular weight is 338 g/mol. The van der Waals surface area contributed by atoms with Gasteiger partial charge in [-0.2, -0.15) is 0 Å². The molecule has 1 fully saturated rings. The van der Waals surface area contributed by atoms with Gasteiger partial charge in [0.2, 0.25) is 5.91 Å². The van der Waals surface area contributed by atoms with Crippen LogP contribution in [0.15, 0.2) is 42.7 Å². The highest BCUT2D eigenvalue weighted by Crippen LogP contribution is 2.22. The summed E-state index contributed by atoms with van der Waals surface area (Å²) in [6, 6.07) is 9.32. The summed E-state index contributed by atoms with van der Waals surface area (Å²) in [5.41, 5.74) is 2.62. The first-order chi connectivity index (χ1) is 12.1. The number of aromatic nitrogens is 1. The van der Waals surface area contributed by atoms with Gasteiger partial charge < -0.3 is 16.0 Å². The highest BCUT2D eigenvalue weighted by Gasteiger charge is 2.15. The molecule has 0 aliphatic heterocycles. The van der Waals surface area contributed by atoms with Gasteiger partial charge in [-0.3, -0.25) is 14.6 Å². The number of hydrogen-bond donors (Lipinski definition) is 3. The summed E-state index contributed by atoms with van der Waals surface area (Å²) in [7, 11) is 0. The van der Waals surface area contributed by atoms with Crippen molar-refractivity contribution in [2.24, 2.45) is 0 Å². The molecule has 0 radical (unpaired) electrons. The van der Waals surface area contributed by atoms with Crippen LogP contribution in [0, 0.1) is 0 Å². The zero-order valence-corrected chi connectivity index (χ0v) is 14.2. The Bertz CT molecular complexity index is 770. The van der Waals surface area contributed by atoms with Gasteiger partial charge >= 0.3 is 0 Å². The number of hydrogen-bond acceptors (Lipinski definition) is 4. The van der Waals surface area contributed by atoms with E-state index in [0.717, 1.165) is 18.5 Å². The van der Waals surface area contributed by atoms with Crippen molar-refractivity contribution < 1.29 is 9.59 Å². The van der Waals surface area contributed by atoms with Gasteiger partial charge in [-0.15, -0.1) is 0 Å². The Morgan fingerprint density at radius 2 is 1.72 bits per heavy atom. The van der Waals surface area contributed by atoms with Crippen LogP contribution in [0.5, 0.6) is 0 Å². The Balaban J connectivity index is 1.67. The van der Waals surface area contributed by atoms with Crippen LogP contribution in [0.4, 0.5) is 17.1 Å². The SMILES string of the molecule is CC(=O)Nc1cccc(NC(=O)c2cncc(NC3CCCC3)c2)c1. The lowest BCUT2D eigenvalue weighted by Gasteiger charge is -2.14. The van der Waals surface area contributed by atoms with Crippen molar-refractivity contribution in [2.45, 2.75) is 38.6 Å². The summed E-state index contributed by atoms with van der Waals surface area (Å²) < 4.78 is 0. The molecule has 0 saturated heterocycles. The Morgan fingerprint density at radius 1 is 1.00 bits per heavy atom. The van der Waals surface area contributed by atoms with E-state index in [4.69, 9.17) is 0 Å². The van der Waals surface area contributed by atoms with E-state index < -0.39 is 0 Å². The lowest BCUT2D eigenvalue weighted by molar-refractivity contribution is -0.114. The van der Waals surface area contributed by atoms with Gasteiger partial charge in [-0.05, 0) is 37.1 Å². The molecule has 1 aromatic carbocycles. The summed E-state index contributed by atoms with van der Waals surface area (Å²) >= 11 is 0. The molecule has 1 heterocycles. The van der Waals surface area contributed by atoms with Gasteiger partial charge in [0.15, 0.2) is 0 Å². The molecule has 0 bridgehead atoms. The smallest absolute Gasteiger partial charge is 0.257 e. The molecule has 6 nitrogen and oxygen atoms in total. The van der Waals surface area contributed by atoms with Crippen LogP contribution in [-0.4, -0.2) is 22.8 Å². The number of nitrogens with one attached hydrogen (secondary N) is 3. The first-order valence-electron chi connectivity index (χ1n) is 8.51. The second kappa shape index (κ2) is 7.79. The van der Waals surface area contributed by atoms with Gasteiger partial charge in [0.25, 0.3) is 5.91 Å². The molecule has 1 aliphatic rings. The fourth-order valence-corrected chi connectivity index (χ4v) is 3.03. The van der Waals surface area contributed by atoms with Crippen LogP contribution in [0.3, 0.4) is 0 Å². The van der Waals surface area contributed by atoms with Crippen LogP contribution in [0.1, 0.15) is 43.0 Å². The minimum atomic E-state index is -0.234. The number of anilines is 3. The van der Waals surface area contributed by atoms with Crippen molar-refractivity contribution in [1.29, 1.82) is 0 Å². The first kappa shape index (κ1) is 17.0. The minimum absolute atomic E-state index is 0.154. The van der Waals surface area contributed by atoms with Crippen LogP contribution in [0.2, 0.25) is 0 Å². The monoisotopic (exact) mass is 338 g/mol. The first-order valence-corrected chi connectivity index (χ1v) is 8.51. The van der Waals surface area contributed by atoms with Crippen LogP contribution in [-0.2, 0) is 4.79 Å². The van der Waals surface area contributed by atoms with Crippen LogP contribution in [0.25, 0.3) is 0 Å². The number of nitrogens with zero attached hydrogens (tertiary/aromatic N) is 1. The van der Waals surface area contributed by atoms with Gasteiger partial charge in [0, 0.05) is 36.7 Å². The van der Waals surface area contributed by atoms with Gasteiger partial charge in [0.1, 0.15) is 0 Å². The van der Waals surface area contributed by atoms with Crippen molar-refractivity contribution in [2.75, 3.05) is 16.0 Å². The van der Waals surface area contributed by atoms with E-state index in [2.05, 4.69) is 20.9 Å². The third-order valence-electron chi connectivity index (χ3n) is 4.17. The predicted octanol–water partition coefficient (Wildman–Crippen LogP) is 3.65. The molecule has 3 N–H and O–H groups in total. The molecular weight excluding hydrogens is 316 g/mol. The minimum Gasteiger partial charge on any atom is -0.381 e. The summed E-state index contributed by atoms with van der Waals surface area (Å²) in [6.45, 7) is 1.44. The lowest BCUT2D eigenvalue weighted by atomic mass is 10.2. The maximum atomic E-state index is 12.5. The fraction of sp³-hybridized carbons (Fsp3) is 0.316.